The number of hydrogen-bond acceptors (Lipinski definition) is 4. The smallest absolute Gasteiger partial charge is 0.244 e. The first kappa shape index (κ1) is 25.9. The molecule has 0 fully saturated rings. The van der Waals surface area contributed by atoms with Gasteiger partial charge in [0, 0.05) is 33.4 Å². The van der Waals surface area contributed by atoms with Crippen LogP contribution in [0.5, 0.6) is 0 Å². The SMILES string of the molecule is C=CCN(CC(=O)N1CCc2sccc2C1c1ccc(Cl)cc1Cl)S(=O)(=O)c1cccc2ccccc12. The summed E-state index contributed by atoms with van der Waals surface area (Å²) in [6, 6.07) is 19.3. The molecule has 5 rings (SSSR count). The number of amides is 1. The van der Waals surface area contributed by atoms with Gasteiger partial charge in [0.2, 0.25) is 15.9 Å². The van der Waals surface area contributed by atoms with E-state index >= 15 is 0 Å². The van der Waals surface area contributed by atoms with Gasteiger partial charge >= 0.3 is 0 Å². The quantitative estimate of drug-likeness (QED) is 0.236. The molecule has 5 nitrogen and oxygen atoms in total. The first-order chi connectivity index (χ1) is 17.8. The van der Waals surface area contributed by atoms with E-state index in [9.17, 15) is 13.2 Å². The molecule has 0 saturated carbocycles. The molecular formula is C28H24Cl2N2O3S2. The van der Waals surface area contributed by atoms with Gasteiger partial charge in [0.15, 0.2) is 0 Å². The summed E-state index contributed by atoms with van der Waals surface area (Å²) in [6.45, 7) is 3.87. The molecule has 2 heterocycles. The number of carbonyl (C=O) groups is 1. The molecule has 0 N–H and O–H groups in total. The van der Waals surface area contributed by atoms with Crippen LogP contribution in [0.25, 0.3) is 10.8 Å². The summed E-state index contributed by atoms with van der Waals surface area (Å²) in [5.74, 6) is -0.307. The van der Waals surface area contributed by atoms with E-state index < -0.39 is 16.1 Å². The highest BCUT2D eigenvalue weighted by Crippen LogP contribution is 2.41. The van der Waals surface area contributed by atoms with Crippen molar-refractivity contribution < 1.29 is 13.2 Å². The number of nitrogens with zero attached hydrogens (tertiary/aromatic N) is 2. The molecule has 0 aliphatic carbocycles. The van der Waals surface area contributed by atoms with Crippen LogP contribution in [-0.4, -0.2) is 43.2 Å². The first-order valence-electron chi connectivity index (χ1n) is 11.7. The molecule has 1 aromatic heterocycles. The predicted molar refractivity (Wildman–Crippen MR) is 151 cm³/mol. The molecule has 4 aromatic rings. The number of halogens is 2. The van der Waals surface area contributed by atoms with Gasteiger partial charge in [0.1, 0.15) is 0 Å². The maximum absolute atomic E-state index is 13.8. The number of fused-ring (bicyclic) bond motifs is 2. The maximum atomic E-state index is 13.8. The number of thiophene rings is 1. The van der Waals surface area contributed by atoms with E-state index in [1.807, 2.05) is 35.7 Å². The van der Waals surface area contributed by atoms with E-state index in [-0.39, 0.29) is 23.9 Å². The van der Waals surface area contributed by atoms with Crippen LogP contribution >= 0.6 is 34.5 Å². The van der Waals surface area contributed by atoms with Gasteiger partial charge in [0.25, 0.3) is 0 Å². The summed E-state index contributed by atoms with van der Waals surface area (Å²) in [5, 5.41) is 4.39. The van der Waals surface area contributed by atoms with E-state index in [2.05, 4.69) is 6.58 Å². The van der Waals surface area contributed by atoms with Crippen LogP contribution in [0, 0.1) is 0 Å². The van der Waals surface area contributed by atoms with Gasteiger partial charge < -0.3 is 4.90 Å². The van der Waals surface area contributed by atoms with Crippen LogP contribution in [-0.2, 0) is 21.2 Å². The number of carbonyl (C=O) groups excluding carboxylic acids is 1. The third-order valence-corrected chi connectivity index (χ3v) is 9.98. The molecular weight excluding hydrogens is 547 g/mol. The highest BCUT2D eigenvalue weighted by Gasteiger charge is 2.36. The van der Waals surface area contributed by atoms with Crippen LogP contribution in [0.1, 0.15) is 22.0 Å². The Morgan fingerprint density at radius 2 is 1.86 bits per heavy atom. The van der Waals surface area contributed by atoms with E-state index in [1.165, 1.54) is 15.3 Å². The molecule has 0 bridgehead atoms. The molecule has 9 heteroatoms. The summed E-state index contributed by atoms with van der Waals surface area (Å²) in [6.07, 6.45) is 2.19. The van der Waals surface area contributed by atoms with Crippen LogP contribution in [0.15, 0.2) is 89.7 Å². The Morgan fingerprint density at radius 3 is 2.65 bits per heavy atom. The number of rotatable bonds is 7. The summed E-state index contributed by atoms with van der Waals surface area (Å²) < 4.78 is 28.8. The number of sulfonamides is 1. The second-order valence-electron chi connectivity index (χ2n) is 8.77. The maximum Gasteiger partial charge on any atom is 0.244 e. The largest absolute Gasteiger partial charge is 0.330 e. The zero-order chi connectivity index (χ0) is 26.2. The molecule has 1 aliphatic heterocycles. The highest BCUT2D eigenvalue weighted by molar-refractivity contribution is 7.89. The fraction of sp³-hybridized carbons (Fsp3) is 0.179. The van der Waals surface area contributed by atoms with Crippen molar-refractivity contribution in [1.29, 1.82) is 0 Å². The lowest BCUT2D eigenvalue weighted by molar-refractivity contribution is -0.133. The molecule has 1 aliphatic rings. The van der Waals surface area contributed by atoms with Crippen LogP contribution < -0.4 is 0 Å². The Bertz CT molecular complexity index is 1590. The highest BCUT2D eigenvalue weighted by atomic mass is 35.5. The molecule has 0 spiro atoms. The van der Waals surface area contributed by atoms with Crippen molar-refractivity contribution in [1.82, 2.24) is 9.21 Å². The average molecular weight is 572 g/mol. The Labute approximate surface area is 230 Å². The number of benzene rings is 3. The van der Waals surface area contributed by atoms with Crippen molar-refractivity contribution >= 4 is 61.2 Å². The van der Waals surface area contributed by atoms with Gasteiger partial charge in [-0.2, -0.15) is 4.31 Å². The molecule has 1 atom stereocenters. The zero-order valence-electron chi connectivity index (χ0n) is 19.8. The lowest BCUT2D eigenvalue weighted by Gasteiger charge is -2.37. The third-order valence-electron chi connectivity index (χ3n) is 6.56. The molecule has 37 heavy (non-hydrogen) atoms. The van der Waals surface area contributed by atoms with Crippen molar-refractivity contribution in [3.63, 3.8) is 0 Å². The molecule has 1 unspecified atom stereocenters. The third kappa shape index (κ3) is 4.94. The van der Waals surface area contributed by atoms with Crippen molar-refractivity contribution in [2.75, 3.05) is 19.6 Å². The molecule has 3 aromatic carbocycles. The van der Waals surface area contributed by atoms with E-state index in [0.717, 1.165) is 16.5 Å². The van der Waals surface area contributed by atoms with Crippen molar-refractivity contribution in [3.05, 3.63) is 111 Å². The summed E-state index contributed by atoms with van der Waals surface area (Å²) >= 11 is 14.4. The fourth-order valence-electron chi connectivity index (χ4n) is 4.84. The molecule has 0 saturated heterocycles. The van der Waals surface area contributed by atoms with E-state index in [4.69, 9.17) is 23.2 Å². The second-order valence-corrected chi connectivity index (χ2v) is 12.5. The lowest BCUT2D eigenvalue weighted by atomic mass is 9.93. The van der Waals surface area contributed by atoms with Crippen LogP contribution in [0.4, 0.5) is 0 Å². The standard InChI is InChI=1S/C28H24Cl2N2O3S2/c1-2-14-31(37(34,35)26-9-5-7-19-6-3-4-8-21(19)26)18-27(33)32-15-12-25-23(13-16-36-25)28(32)22-11-10-20(29)17-24(22)30/h2-11,13,16-17,28H,1,12,14-15,18H2. The Hall–Kier alpha value is -2.68. The van der Waals surface area contributed by atoms with Gasteiger partial charge in [-0.1, -0.05) is 71.7 Å². The topological polar surface area (TPSA) is 57.7 Å². The zero-order valence-corrected chi connectivity index (χ0v) is 23.0. The average Bonchev–Trinajstić information content (AvgIpc) is 3.37. The number of hydrogen-bond donors (Lipinski definition) is 0. The van der Waals surface area contributed by atoms with Gasteiger partial charge in [-0.3, -0.25) is 4.79 Å². The van der Waals surface area contributed by atoms with Crippen molar-refractivity contribution in [3.8, 4) is 0 Å². The minimum Gasteiger partial charge on any atom is -0.330 e. The van der Waals surface area contributed by atoms with Gasteiger partial charge in [-0.05, 0) is 52.6 Å². The van der Waals surface area contributed by atoms with Gasteiger partial charge in [-0.15, -0.1) is 17.9 Å². The Kier molecular flexibility index (Phi) is 7.43. The Morgan fingerprint density at radius 1 is 1.08 bits per heavy atom. The normalized spacial score (nSPS) is 15.6. The van der Waals surface area contributed by atoms with Crippen LogP contribution in [0.2, 0.25) is 10.0 Å². The van der Waals surface area contributed by atoms with E-state index in [0.29, 0.717) is 28.4 Å². The monoisotopic (exact) mass is 570 g/mol. The molecule has 1 amide bonds. The minimum atomic E-state index is -4.00. The van der Waals surface area contributed by atoms with Gasteiger partial charge in [0.05, 0.1) is 17.5 Å². The fourth-order valence-corrected chi connectivity index (χ4v) is 7.83. The van der Waals surface area contributed by atoms with Crippen molar-refractivity contribution in [2.24, 2.45) is 0 Å². The van der Waals surface area contributed by atoms with Crippen molar-refractivity contribution in [2.45, 2.75) is 17.4 Å². The molecule has 0 radical (unpaired) electrons. The Balaban J connectivity index is 1.51. The second kappa shape index (κ2) is 10.6. The summed E-state index contributed by atoms with van der Waals surface area (Å²) in [4.78, 5) is 16.9. The minimum absolute atomic E-state index is 0.00119. The summed E-state index contributed by atoms with van der Waals surface area (Å²) in [5.41, 5.74) is 1.76. The van der Waals surface area contributed by atoms with Crippen LogP contribution in [0.3, 0.4) is 0 Å². The summed E-state index contributed by atoms with van der Waals surface area (Å²) in [7, 11) is -4.00. The van der Waals surface area contributed by atoms with E-state index in [1.54, 1.807) is 52.6 Å². The predicted octanol–water partition coefficient (Wildman–Crippen LogP) is 6.56. The molecule has 190 valence electrons. The lowest BCUT2D eigenvalue weighted by Crippen LogP contribution is -2.46. The van der Waals surface area contributed by atoms with Gasteiger partial charge in [-0.25, -0.2) is 8.42 Å². The first-order valence-corrected chi connectivity index (χ1v) is 14.8.